The lowest BCUT2D eigenvalue weighted by Crippen LogP contribution is -2.44. The minimum Gasteiger partial charge on any atom is -0.300 e. The number of carbonyl (C=O) groups excluding carboxylic acids is 1. The molecule has 0 heterocycles. The van der Waals surface area contributed by atoms with Crippen molar-refractivity contribution in [1.82, 2.24) is 0 Å². The first-order valence-electron chi connectivity index (χ1n) is 9.97. The summed E-state index contributed by atoms with van der Waals surface area (Å²) in [7, 11) is 0.677. The van der Waals surface area contributed by atoms with Crippen LogP contribution >= 0.6 is 0 Å². The smallest absolute Gasteiger partial charge is 0.132 e. The van der Waals surface area contributed by atoms with Crippen molar-refractivity contribution in [1.29, 1.82) is 0 Å². The maximum absolute atomic E-state index is 11.7. The van der Waals surface area contributed by atoms with E-state index in [9.17, 15) is 4.79 Å². The summed E-state index contributed by atoms with van der Waals surface area (Å²) in [5, 5.41) is 3.08. The Hall–Kier alpha value is 0.0200. The van der Waals surface area contributed by atoms with E-state index >= 15 is 0 Å². The van der Waals surface area contributed by atoms with Crippen molar-refractivity contribution in [2.45, 2.75) is 113 Å². The first-order chi connectivity index (χ1) is 10.8. The zero-order valence-electron chi connectivity index (χ0n) is 14.5. The first kappa shape index (κ1) is 16.9. The molecule has 0 N–H and O–H groups in total. The van der Waals surface area contributed by atoms with Crippen molar-refractivity contribution < 1.29 is 4.79 Å². The Morgan fingerprint density at radius 3 is 1.45 bits per heavy atom. The molecule has 3 saturated carbocycles. The fourth-order valence-electron chi connectivity index (χ4n) is 5.23. The van der Waals surface area contributed by atoms with Gasteiger partial charge >= 0.3 is 0 Å². The molecule has 0 amide bonds. The van der Waals surface area contributed by atoms with Gasteiger partial charge in [0.2, 0.25) is 0 Å². The Kier molecular flexibility index (Phi) is 6.30. The second-order valence-corrected chi connectivity index (χ2v) is 10.8. The third kappa shape index (κ3) is 4.10. The van der Waals surface area contributed by atoms with Crippen LogP contribution in [0.2, 0.25) is 0 Å². The maximum Gasteiger partial charge on any atom is 0.132 e. The van der Waals surface area contributed by atoms with Crippen molar-refractivity contribution in [3.8, 4) is 0 Å². The van der Waals surface area contributed by atoms with Crippen molar-refractivity contribution in [2.75, 3.05) is 0 Å². The summed E-state index contributed by atoms with van der Waals surface area (Å²) in [6.45, 7) is 1.81. The van der Waals surface area contributed by atoms with Gasteiger partial charge in [-0.15, -0.1) is 0 Å². The molecule has 3 rings (SSSR count). The SMILES string of the molecule is CC(=O)C1CCC([S+](C2CCCCC2)C2CCCCC2)CC1. The normalized spacial score (nSPS) is 32.3. The van der Waals surface area contributed by atoms with Crippen LogP contribution in [0.15, 0.2) is 0 Å². The molecule has 1 nitrogen and oxygen atoms in total. The number of Topliss-reactive ketones (excluding diaryl/α,β-unsaturated/α-hetero) is 1. The van der Waals surface area contributed by atoms with Crippen LogP contribution < -0.4 is 0 Å². The van der Waals surface area contributed by atoms with Gasteiger partial charge in [0, 0.05) is 5.92 Å². The molecule has 2 heteroatoms. The Morgan fingerprint density at radius 2 is 1.05 bits per heavy atom. The van der Waals surface area contributed by atoms with Gasteiger partial charge < -0.3 is 0 Å². The number of hydrogen-bond donors (Lipinski definition) is 0. The van der Waals surface area contributed by atoms with Gasteiger partial charge in [0.1, 0.15) is 21.5 Å². The monoisotopic (exact) mass is 323 g/mol. The molecule has 22 heavy (non-hydrogen) atoms. The molecule has 0 aromatic heterocycles. The Labute approximate surface area is 140 Å². The van der Waals surface area contributed by atoms with Gasteiger partial charge in [-0.05, 0) is 94.9 Å². The van der Waals surface area contributed by atoms with Crippen LogP contribution in [0.4, 0.5) is 0 Å². The van der Waals surface area contributed by atoms with Gasteiger partial charge in [-0.2, -0.15) is 0 Å². The lowest BCUT2D eigenvalue weighted by Gasteiger charge is -2.37. The molecule has 3 aliphatic carbocycles. The van der Waals surface area contributed by atoms with Crippen molar-refractivity contribution >= 4 is 16.7 Å². The lowest BCUT2D eigenvalue weighted by molar-refractivity contribution is -0.121. The van der Waals surface area contributed by atoms with E-state index in [-0.39, 0.29) is 0 Å². The largest absolute Gasteiger partial charge is 0.300 e. The van der Waals surface area contributed by atoms with Gasteiger partial charge in [-0.25, -0.2) is 0 Å². The maximum atomic E-state index is 11.7. The van der Waals surface area contributed by atoms with E-state index in [1.807, 2.05) is 6.92 Å². The van der Waals surface area contributed by atoms with Gasteiger partial charge in [0.25, 0.3) is 0 Å². The van der Waals surface area contributed by atoms with Crippen LogP contribution in [0.25, 0.3) is 0 Å². The average Bonchev–Trinajstić information content (AvgIpc) is 2.57. The number of ketones is 1. The summed E-state index contributed by atoms with van der Waals surface area (Å²) in [4.78, 5) is 11.7. The molecule has 0 spiro atoms. The summed E-state index contributed by atoms with van der Waals surface area (Å²) in [6.07, 6.45) is 20.1. The van der Waals surface area contributed by atoms with E-state index in [1.165, 1.54) is 89.9 Å². The zero-order chi connectivity index (χ0) is 15.4. The van der Waals surface area contributed by atoms with Crippen LogP contribution in [0, 0.1) is 5.92 Å². The highest BCUT2D eigenvalue weighted by atomic mass is 32.2. The number of carbonyl (C=O) groups is 1. The first-order valence-corrected chi connectivity index (χ1v) is 11.4. The Morgan fingerprint density at radius 1 is 0.636 bits per heavy atom. The van der Waals surface area contributed by atoms with Crippen LogP contribution in [-0.4, -0.2) is 21.5 Å². The number of rotatable bonds is 4. The fourth-order valence-corrected chi connectivity index (χ4v) is 9.44. The topological polar surface area (TPSA) is 17.1 Å². The van der Waals surface area contributed by atoms with E-state index in [0.717, 1.165) is 15.7 Å². The Bertz CT molecular complexity index is 329. The van der Waals surface area contributed by atoms with E-state index in [4.69, 9.17) is 0 Å². The van der Waals surface area contributed by atoms with E-state index in [2.05, 4.69) is 0 Å². The van der Waals surface area contributed by atoms with Crippen LogP contribution in [0.1, 0.15) is 96.8 Å². The molecule has 0 saturated heterocycles. The molecule has 0 aromatic rings. The molecule has 0 aliphatic heterocycles. The summed E-state index contributed by atoms with van der Waals surface area (Å²) in [5.41, 5.74) is 0. The molecule has 0 aromatic carbocycles. The van der Waals surface area contributed by atoms with Crippen molar-refractivity contribution in [3.05, 3.63) is 0 Å². The molecule has 3 fully saturated rings. The van der Waals surface area contributed by atoms with Gasteiger partial charge in [0.15, 0.2) is 0 Å². The minimum atomic E-state index is 0.402. The molecule has 0 bridgehead atoms. The molecule has 126 valence electrons. The highest BCUT2D eigenvalue weighted by Gasteiger charge is 2.46. The average molecular weight is 324 g/mol. The highest BCUT2D eigenvalue weighted by Crippen LogP contribution is 2.41. The molecular formula is C20H35OS+. The fraction of sp³-hybridized carbons (Fsp3) is 0.950. The molecule has 0 radical (unpaired) electrons. The zero-order valence-corrected chi connectivity index (χ0v) is 15.3. The molecular weight excluding hydrogens is 288 g/mol. The standard InChI is InChI=1S/C20H35OS/c1-16(21)17-12-14-20(15-13-17)22(18-8-4-2-5-9-18)19-10-6-3-7-11-19/h17-20H,2-15H2,1H3/q+1. The van der Waals surface area contributed by atoms with Gasteiger partial charge in [0.05, 0.1) is 0 Å². The highest BCUT2D eigenvalue weighted by molar-refractivity contribution is 7.98. The predicted molar refractivity (Wildman–Crippen MR) is 97.5 cm³/mol. The van der Waals surface area contributed by atoms with Crippen LogP contribution in [0.5, 0.6) is 0 Å². The molecule has 0 atom stereocenters. The number of hydrogen-bond acceptors (Lipinski definition) is 1. The molecule has 0 unspecified atom stereocenters. The van der Waals surface area contributed by atoms with Crippen LogP contribution in [0.3, 0.4) is 0 Å². The predicted octanol–water partition coefficient (Wildman–Crippen LogP) is 5.42. The molecule has 3 aliphatic rings. The van der Waals surface area contributed by atoms with E-state index < -0.39 is 0 Å². The van der Waals surface area contributed by atoms with E-state index in [1.54, 1.807) is 0 Å². The van der Waals surface area contributed by atoms with Crippen molar-refractivity contribution in [3.63, 3.8) is 0 Å². The second kappa shape index (κ2) is 8.22. The van der Waals surface area contributed by atoms with Gasteiger partial charge in [-0.1, -0.05) is 12.8 Å². The van der Waals surface area contributed by atoms with Crippen LogP contribution in [-0.2, 0) is 15.7 Å². The minimum absolute atomic E-state index is 0.402. The Balaban J connectivity index is 1.66. The summed E-state index contributed by atoms with van der Waals surface area (Å²) in [5.74, 6) is 0.855. The lowest BCUT2D eigenvalue weighted by atomic mass is 9.86. The van der Waals surface area contributed by atoms with E-state index in [0.29, 0.717) is 22.6 Å². The summed E-state index contributed by atoms with van der Waals surface area (Å²) < 4.78 is 0. The van der Waals surface area contributed by atoms with Gasteiger partial charge in [-0.3, -0.25) is 4.79 Å². The van der Waals surface area contributed by atoms with Crippen molar-refractivity contribution in [2.24, 2.45) is 5.92 Å². The summed E-state index contributed by atoms with van der Waals surface area (Å²) >= 11 is 0. The third-order valence-electron chi connectivity index (χ3n) is 6.51. The summed E-state index contributed by atoms with van der Waals surface area (Å²) in [6, 6.07) is 0. The quantitative estimate of drug-likeness (QED) is 0.631. The third-order valence-corrected chi connectivity index (χ3v) is 10.2. The second-order valence-electron chi connectivity index (χ2n) is 8.01.